The van der Waals surface area contributed by atoms with Crippen molar-refractivity contribution in [3.63, 3.8) is 0 Å². The van der Waals surface area contributed by atoms with E-state index in [1.807, 2.05) is 11.7 Å². The predicted octanol–water partition coefficient (Wildman–Crippen LogP) is 2.11. The number of nitrogens with one attached hydrogen (secondary N) is 1. The number of hydrogen-bond acceptors (Lipinski definition) is 4. The van der Waals surface area contributed by atoms with Gasteiger partial charge in [-0.15, -0.1) is 11.3 Å². The van der Waals surface area contributed by atoms with Crippen LogP contribution in [0.4, 0.5) is 0 Å². The summed E-state index contributed by atoms with van der Waals surface area (Å²) in [6, 6.07) is 1.31. The highest BCUT2D eigenvalue weighted by Crippen LogP contribution is 2.17. The first kappa shape index (κ1) is 12.0. The molecule has 0 saturated carbocycles. The van der Waals surface area contributed by atoms with E-state index in [0.717, 1.165) is 19.6 Å². The third kappa shape index (κ3) is 3.03. The Labute approximate surface area is 102 Å². The lowest BCUT2D eigenvalue weighted by atomic mass is 10.1. The zero-order valence-corrected chi connectivity index (χ0v) is 11.0. The average molecular weight is 239 g/mol. The van der Waals surface area contributed by atoms with Gasteiger partial charge in [0.1, 0.15) is 0 Å². The van der Waals surface area contributed by atoms with Gasteiger partial charge in [-0.25, -0.2) is 0 Å². The Bertz CT molecular complexity index is 299. The van der Waals surface area contributed by atoms with Crippen LogP contribution in [-0.2, 0) is 6.54 Å². The van der Waals surface area contributed by atoms with E-state index >= 15 is 0 Å². The molecule has 0 aliphatic carbocycles. The first-order chi connectivity index (χ1) is 7.79. The summed E-state index contributed by atoms with van der Waals surface area (Å²) in [6.07, 6.45) is 4.55. The Morgan fingerprint density at radius 1 is 1.62 bits per heavy atom. The van der Waals surface area contributed by atoms with Crippen molar-refractivity contribution in [3.05, 3.63) is 16.6 Å². The van der Waals surface area contributed by atoms with Gasteiger partial charge in [0, 0.05) is 42.8 Å². The summed E-state index contributed by atoms with van der Waals surface area (Å²) in [5.74, 6) is 0. The van der Waals surface area contributed by atoms with E-state index in [0.29, 0.717) is 12.1 Å². The minimum atomic E-state index is 0.612. The van der Waals surface area contributed by atoms with Gasteiger partial charge in [-0.2, -0.15) is 0 Å². The lowest BCUT2D eigenvalue weighted by Gasteiger charge is -2.39. The van der Waals surface area contributed by atoms with Crippen molar-refractivity contribution in [2.24, 2.45) is 0 Å². The van der Waals surface area contributed by atoms with Gasteiger partial charge in [-0.05, 0) is 13.3 Å². The number of rotatable bonds is 4. The summed E-state index contributed by atoms with van der Waals surface area (Å²) < 4.78 is 0. The first-order valence-corrected chi connectivity index (χ1v) is 7.02. The van der Waals surface area contributed by atoms with Gasteiger partial charge in [0.25, 0.3) is 0 Å². The second kappa shape index (κ2) is 5.75. The van der Waals surface area contributed by atoms with Gasteiger partial charge in [-0.3, -0.25) is 9.88 Å². The molecule has 1 aromatic heterocycles. The average Bonchev–Trinajstić information content (AvgIpc) is 2.75. The molecule has 0 bridgehead atoms. The maximum absolute atomic E-state index is 4.15. The Kier molecular flexibility index (Phi) is 4.32. The molecule has 1 saturated heterocycles. The molecule has 16 heavy (non-hydrogen) atoms. The van der Waals surface area contributed by atoms with Crippen LogP contribution in [0.15, 0.2) is 11.7 Å². The molecule has 1 aliphatic heterocycles. The van der Waals surface area contributed by atoms with Gasteiger partial charge in [0.15, 0.2) is 0 Å². The zero-order valence-electron chi connectivity index (χ0n) is 10.1. The molecular weight excluding hydrogens is 218 g/mol. The molecule has 0 aromatic carbocycles. The van der Waals surface area contributed by atoms with E-state index < -0.39 is 0 Å². The number of hydrogen-bond donors (Lipinski definition) is 1. The summed E-state index contributed by atoms with van der Waals surface area (Å²) in [6.45, 7) is 7.89. The van der Waals surface area contributed by atoms with E-state index in [9.17, 15) is 0 Å². The fourth-order valence-electron chi connectivity index (χ4n) is 2.36. The van der Waals surface area contributed by atoms with Gasteiger partial charge in [0.2, 0.25) is 0 Å². The predicted molar refractivity (Wildman–Crippen MR) is 68.7 cm³/mol. The summed E-state index contributed by atoms with van der Waals surface area (Å²) in [4.78, 5) is 8.15. The van der Waals surface area contributed by atoms with Crippen LogP contribution in [0.3, 0.4) is 0 Å². The minimum absolute atomic E-state index is 0.612. The molecule has 90 valence electrons. The molecule has 2 atom stereocenters. The lowest BCUT2D eigenvalue weighted by Crippen LogP contribution is -2.54. The molecular formula is C12H21N3S. The van der Waals surface area contributed by atoms with Crippen molar-refractivity contribution < 1.29 is 0 Å². The van der Waals surface area contributed by atoms with E-state index in [1.165, 1.54) is 17.7 Å². The second-order valence-electron chi connectivity index (χ2n) is 4.65. The summed E-state index contributed by atoms with van der Waals surface area (Å²) in [7, 11) is 0. The van der Waals surface area contributed by atoms with Crippen LogP contribution in [0, 0.1) is 0 Å². The molecule has 4 heteroatoms. The highest BCUT2D eigenvalue weighted by atomic mass is 32.1. The number of thiazole rings is 1. The van der Waals surface area contributed by atoms with Crippen molar-refractivity contribution in [1.82, 2.24) is 15.2 Å². The quantitative estimate of drug-likeness (QED) is 0.872. The van der Waals surface area contributed by atoms with E-state index in [1.54, 1.807) is 11.3 Å². The van der Waals surface area contributed by atoms with Crippen LogP contribution >= 0.6 is 11.3 Å². The van der Waals surface area contributed by atoms with Gasteiger partial charge < -0.3 is 5.32 Å². The molecule has 0 radical (unpaired) electrons. The third-order valence-corrected chi connectivity index (χ3v) is 3.96. The summed E-state index contributed by atoms with van der Waals surface area (Å²) in [5.41, 5.74) is 1.93. The van der Waals surface area contributed by atoms with E-state index in [2.05, 4.69) is 29.0 Å². The molecule has 0 spiro atoms. The Morgan fingerprint density at radius 3 is 3.19 bits per heavy atom. The minimum Gasteiger partial charge on any atom is -0.311 e. The normalized spacial score (nSPS) is 27.1. The largest absolute Gasteiger partial charge is 0.311 e. The number of aromatic nitrogens is 1. The summed E-state index contributed by atoms with van der Waals surface area (Å²) in [5, 5.41) is 3.57. The van der Waals surface area contributed by atoms with Crippen molar-refractivity contribution in [1.29, 1.82) is 0 Å². The summed E-state index contributed by atoms with van der Waals surface area (Å²) >= 11 is 1.76. The fourth-order valence-corrected chi connectivity index (χ4v) is 2.98. The SMILES string of the molecule is CCCC1CNC(C)CN1Cc1cncs1. The van der Waals surface area contributed by atoms with Crippen LogP contribution in [0.5, 0.6) is 0 Å². The molecule has 2 heterocycles. The molecule has 1 N–H and O–H groups in total. The van der Waals surface area contributed by atoms with Crippen LogP contribution < -0.4 is 5.32 Å². The van der Waals surface area contributed by atoms with Gasteiger partial charge >= 0.3 is 0 Å². The van der Waals surface area contributed by atoms with Gasteiger partial charge in [-0.1, -0.05) is 13.3 Å². The topological polar surface area (TPSA) is 28.2 Å². The van der Waals surface area contributed by atoms with Crippen LogP contribution in [0.1, 0.15) is 31.6 Å². The van der Waals surface area contributed by atoms with E-state index in [4.69, 9.17) is 0 Å². The van der Waals surface area contributed by atoms with Crippen molar-refractivity contribution >= 4 is 11.3 Å². The first-order valence-electron chi connectivity index (χ1n) is 6.14. The highest BCUT2D eigenvalue weighted by molar-refractivity contribution is 7.09. The molecule has 3 nitrogen and oxygen atoms in total. The smallest absolute Gasteiger partial charge is 0.0794 e. The molecule has 0 amide bonds. The number of piperazine rings is 1. The lowest BCUT2D eigenvalue weighted by molar-refractivity contribution is 0.121. The van der Waals surface area contributed by atoms with Crippen molar-refractivity contribution in [2.45, 2.75) is 45.3 Å². The maximum Gasteiger partial charge on any atom is 0.0794 e. The van der Waals surface area contributed by atoms with Crippen molar-refractivity contribution in [2.75, 3.05) is 13.1 Å². The van der Waals surface area contributed by atoms with Crippen LogP contribution in [-0.4, -0.2) is 35.1 Å². The molecule has 2 unspecified atom stereocenters. The van der Waals surface area contributed by atoms with Crippen LogP contribution in [0.25, 0.3) is 0 Å². The standard InChI is InChI=1S/C12H21N3S/c1-3-4-11-5-14-10(2)7-15(11)8-12-6-13-9-16-12/h6,9-11,14H,3-5,7-8H2,1-2H3. The Morgan fingerprint density at radius 2 is 2.50 bits per heavy atom. The maximum atomic E-state index is 4.15. The molecule has 1 aromatic rings. The Hall–Kier alpha value is -0.450. The molecule has 2 rings (SSSR count). The zero-order chi connectivity index (χ0) is 11.4. The van der Waals surface area contributed by atoms with Gasteiger partial charge in [0.05, 0.1) is 5.51 Å². The van der Waals surface area contributed by atoms with Crippen molar-refractivity contribution in [3.8, 4) is 0 Å². The fraction of sp³-hybridized carbons (Fsp3) is 0.750. The second-order valence-corrected chi connectivity index (χ2v) is 5.62. The highest BCUT2D eigenvalue weighted by Gasteiger charge is 2.25. The number of nitrogens with zero attached hydrogens (tertiary/aromatic N) is 2. The molecule has 1 fully saturated rings. The third-order valence-electron chi connectivity index (χ3n) is 3.19. The van der Waals surface area contributed by atoms with Crippen LogP contribution in [0.2, 0.25) is 0 Å². The van der Waals surface area contributed by atoms with E-state index in [-0.39, 0.29) is 0 Å². The monoisotopic (exact) mass is 239 g/mol. The Balaban J connectivity index is 1.96. The molecule has 1 aliphatic rings.